The third kappa shape index (κ3) is 2.51. The standard InChI is InChI=1S/C18H22N2S/c1-4-19(5-2)14-11-12-18-16(13-14)20(6-3)15-9-7-8-10-17(15)21-18/h7-13H,4-6H2,1-3H3. The molecule has 0 saturated heterocycles. The summed E-state index contributed by atoms with van der Waals surface area (Å²) in [6.07, 6.45) is 0. The molecule has 0 unspecified atom stereocenters. The first kappa shape index (κ1) is 14.3. The molecule has 2 nitrogen and oxygen atoms in total. The van der Waals surface area contributed by atoms with Crippen LogP contribution in [0.1, 0.15) is 20.8 Å². The highest BCUT2D eigenvalue weighted by molar-refractivity contribution is 7.99. The zero-order chi connectivity index (χ0) is 14.8. The van der Waals surface area contributed by atoms with Gasteiger partial charge in [-0.2, -0.15) is 0 Å². The Morgan fingerprint density at radius 1 is 0.905 bits per heavy atom. The fraction of sp³-hybridized carbons (Fsp3) is 0.333. The molecule has 3 rings (SSSR count). The maximum atomic E-state index is 2.42. The minimum absolute atomic E-state index is 0.992. The van der Waals surface area contributed by atoms with Crippen LogP contribution >= 0.6 is 11.8 Å². The van der Waals surface area contributed by atoms with Gasteiger partial charge >= 0.3 is 0 Å². The Kier molecular flexibility index (Phi) is 4.11. The van der Waals surface area contributed by atoms with Crippen molar-refractivity contribution >= 4 is 28.8 Å². The Balaban J connectivity index is 2.07. The second kappa shape index (κ2) is 6.02. The molecule has 0 saturated carbocycles. The molecule has 0 aromatic heterocycles. The van der Waals surface area contributed by atoms with Crippen LogP contribution in [0.5, 0.6) is 0 Å². The molecule has 0 bridgehead atoms. The van der Waals surface area contributed by atoms with Crippen LogP contribution in [0.25, 0.3) is 0 Å². The van der Waals surface area contributed by atoms with E-state index in [0.29, 0.717) is 0 Å². The van der Waals surface area contributed by atoms with E-state index in [1.807, 2.05) is 11.8 Å². The van der Waals surface area contributed by atoms with Crippen molar-refractivity contribution in [3.8, 4) is 0 Å². The molecular formula is C18H22N2S. The maximum Gasteiger partial charge on any atom is 0.0573 e. The molecule has 0 atom stereocenters. The molecular weight excluding hydrogens is 276 g/mol. The van der Waals surface area contributed by atoms with Gasteiger partial charge in [0.05, 0.1) is 11.4 Å². The van der Waals surface area contributed by atoms with Crippen molar-refractivity contribution in [2.45, 2.75) is 30.6 Å². The first-order valence-corrected chi connectivity index (χ1v) is 8.53. The topological polar surface area (TPSA) is 6.48 Å². The highest BCUT2D eigenvalue weighted by Crippen LogP contribution is 2.48. The van der Waals surface area contributed by atoms with E-state index in [9.17, 15) is 0 Å². The first-order chi connectivity index (χ1) is 10.3. The zero-order valence-corrected chi connectivity index (χ0v) is 13.8. The summed E-state index contributed by atoms with van der Waals surface area (Å²) >= 11 is 1.88. The van der Waals surface area contributed by atoms with Crippen LogP contribution in [-0.2, 0) is 0 Å². The molecule has 0 fully saturated rings. The molecule has 2 aromatic rings. The van der Waals surface area contributed by atoms with Crippen LogP contribution in [0.3, 0.4) is 0 Å². The van der Waals surface area contributed by atoms with Crippen molar-refractivity contribution < 1.29 is 0 Å². The maximum absolute atomic E-state index is 2.42. The number of fused-ring (bicyclic) bond motifs is 2. The lowest BCUT2D eigenvalue weighted by molar-refractivity contribution is 0.863. The quantitative estimate of drug-likeness (QED) is 0.770. The van der Waals surface area contributed by atoms with Gasteiger partial charge in [-0.25, -0.2) is 0 Å². The fourth-order valence-electron chi connectivity index (χ4n) is 2.94. The Morgan fingerprint density at radius 2 is 1.62 bits per heavy atom. The summed E-state index contributed by atoms with van der Waals surface area (Å²) < 4.78 is 0. The molecule has 3 heteroatoms. The summed E-state index contributed by atoms with van der Waals surface area (Å²) in [6.45, 7) is 9.73. The Morgan fingerprint density at radius 3 is 2.33 bits per heavy atom. The molecule has 2 aromatic carbocycles. The van der Waals surface area contributed by atoms with Crippen molar-refractivity contribution in [3.63, 3.8) is 0 Å². The van der Waals surface area contributed by atoms with E-state index in [1.165, 1.54) is 26.9 Å². The van der Waals surface area contributed by atoms with Gasteiger partial charge < -0.3 is 9.80 Å². The summed E-state index contributed by atoms with van der Waals surface area (Å²) in [5.41, 5.74) is 3.98. The van der Waals surface area contributed by atoms with Gasteiger partial charge in [-0.3, -0.25) is 0 Å². The zero-order valence-electron chi connectivity index (χ0n) is 13.0. The number of hydrogen-bond donors (Lipinski definition) is 0. The second-order valence-corrected chi connectivity index (χ2v) is 6.22. The number of para-hydroxylation sites is 1. The lowest BCUT2D eigenvalue weighted by Crippen LogP contribution is -2.24. The molecule has 21 heavy (non-hydrogen) atoms. The van der Waals surface area contributed by atoms with Gasteiger partial charge in [-0.05, 0) is 51.1 Å². The predicted octanol–water partition coefficient (Wildman–Crippen LogP) is 5.16. The molecule has 0 spiro atoms. The van der Waals surface area contributed by atoms with E-state index in [-0.39, 0.29) is 0 Å². The van der Waals surface area contributed by atoms with Crippen LogP contribution < -0.4 is 9.80 Å². The van der Waals surface area contributed by atoms with Crippen LogP contribution in [0.15, 0.2) is 52.3 Å². The summed E-state index contributed by atoms with van der Waals surface area (Å²) in [5, 5.41) is 0. The normalized spacial score (nSPS) is 12.8. The number of benzene rings is 2. The minimum atomic E-state index is 0.992. The van der Waals surface area contributed by atoms with Crippen molar-refractivity contribution in [2.75, 3.05) is 29.4 Å². The molecule has 1 aliphatic heterocycles. The van der Waals surface area contributed by atoms with E-state index in [2.05, 4.69) is 73.0 Å². The third-order valence-electron chi connectivity index (χ3n) is 4.05. The molecule has 0 aliphatic carbocycles. The van der Waals surface area contributed by atoms with Gasteiger partial charge in [0, 0.05) is 35.1 Å². The van der Waals surface area contributed by atoms with Gasteiger partial charge in [0.2, 0.25) is 0 Å². The smallest absolute Gasteiger partial charge is 0.0573 e. The Bertz CT molecular complexity index is 635. The third-order valence-corrected chi connectivity index (χ3v) is 5.18. The van der Waals surface area contributed by atoms with Crippen LogP contribution in [0, 0.1) is 0 Å². The van der Waals surface area contributed by atoms with E-state index >= 15 is 0 Å². The van der Waals surface area contributed by atoms with E-state index < -0.39 is 0 Å². The molecule has 1 aliphatic rings. The average Bonchev–Trinajstić information content (AvgIpc) is 2.53. The highest BCUT2D eigenvalue weighted by Gasteiger charge is 2.22. The van der Waals surface area contributed by atoms with E-state index in [4.69, 9.17) is 0 Å². The van der Waals surface area contributed by atoms with E-state index in [1.54, 1.807) is 0 Å². The van der Waals surface area contributed by atoms with Crippen molar-refractivity contribution in [2.24, 2.45) is 0 Å². The number of rotatable bonds is 4. The molecule has 0 amide bonds. The monoisotopic (exact) mass is 298 g/mol. The van der Waals surface area contributed by atoms with Crippen LogP contribution in [0.4, 0.5) is 17.1 Å². The number of nitrogens with zero attached hydrogens (tertiary/aromatic N) is 2. The average molecular weight is 298 g/mol. The fourth-order valence-corrected chi connectivity index (χ4v) is 4.02. The second-order valence-electron chi connectivity index (χ2n) is 5.14. The SMILES string of the molecule is CCN(CC)c1ccc2c(c1)N(CC)c1ccccc1S2. The predicted molar refractivity (Wildman–Crippen MR) is 93.2 cm³/mol. The van der Waals surface area contributed by atoms with Crippen LogP contribution in [0.2, 0.25) is 0 Å². The summed E-state index contributed by atoms with van der Waals surface area (Å²) in [5.74, 6) is 0. The first-order valence-electron chi connectivity index (χ1n) is 7.71. The van der Waals surface area contributed by atoms with Crippen LogP contribution in [-0.4, -0.2) is 19.6 Å². The van der Waals surface area contributed by atoms with Gasteiger partial charge in [0.25, 0.3) is 0 Å². The van der Waals surface area contributed by atoms with Gasteiger partial charge in [0.15, 0.2) is 0 Å². The minimum Gasteiger partial charge on any atom is -0.372 e. The Hall–Kier alpha value is -1.61. The summed E-state index contributed by atoms with van der Waals surface area (Å²) in [4.78, 5) is 7.53. The lowest BCUT2D eigenvalue weighted by atomic mass is 10.2. The lowest BCUT2D eigenvalue weighted by Gasteiger charge is -2.33. The molecule has 0 radical (unpaired) electrons. The largest absolute Gasteiger partial charge is 0.372 e. The van der Waals surface area contributed by atoms with Crippen molar-refractivity contribution in [3.05, 3.63) is 42.5 Å². The van der Waals surface area contributed by atoms with Gasteiger partial charge in [-0.1, -0.05) is 23.9 Å². The number of anilines is 3. The Labute approximate surface area is 131 Å². The van der Waals surface area contributed by atoms with Gasteiger partial charge in [-0.15, -0.1) is 0 Å². The van der Waals surface area contributed by atoms with E-state index in [0.717, 1.165) is 19.6 Å². The summed E-state index contributed by atoms with van der Waals surface area (Å²) in [6, 6.07) is 15.5. The van der Waals surface area contributed by atoms with Crippen molar-refractivity contribution in [1.82, 2.24) is 0 Å². The summed E-state index contributed by atoms with van der Waals surface area (Å²) in [7, 11) is 0. The van der Waals surface area contributed by atoms with Crippen molar-refractivity contribution in [1.29, 1.82) is 0 Å². The number of hydrogen-bond acceptors (Lipinski definition) is 3. The van der Waals surface area contributed by atoms with Gasteiger partial charge in [0.1, 0.15) is 0 Å². The highest BCUT2D eigenvalue weighted by atomic mass is 32.2. The molecule has 110 valence electrons. The molecule has 0 N–H and O–H groups in total. The molecule has 1 heterocycles.